The molecule has 8 heteroatoms. The van der Waals surface area contributed by atoms with Gasteiger partial charge in [0.25, 0.3) is 5.91 Å². The average molecular weight is 441 g/mol. The molecule has 0 bridgehead atoms. The Morgan fingerprint density at radius 2 is 1.63 bits per heavy atom. The van der Waals surface area contributed by atoms with Gasteiger partial charge in [-0.2, -0.15) is 0 Å². The first kappa shape index (κ1) is 20.1. The van der Waals surface area contributed by atoms with Crippen LogP contribution in [-0.4, -0.2) is 20.7 Å². The number of nitrogens with one attached hydrogen (secondary N) is 1. The van der Waals surface area contributed by atoms with E-state index in [4.69, 9.17) is 23.2 Å². The van der Waals surface area contributed by atoms with E-state index in [1.807, 2.05) is 13.0 Å². The molecule has 1 heterocycles. The molecule has 0 spiro atoms. The Morgan fingerprint density at radius 3 is 2.33 bits per heavy atom. The van der Waals surface area contributed by atoms with Crippen LogP contribution in [0.3, 0.4) is 0 Å². The van der Waals surface area contributed by atoms with Gasteiger partial charge in [0.15, 0.2) is 5.82 Å². The van der Waals surface area contributed by atoms with Gasteiger partial charge in [-0.05, 0) is 73.2 Å². The highest BCUT2D eigenvalue weighted by Crippen LogP contribution is 2.26. The Kier molecular flexibility index (Phi) is 5.53. The summed E-state index contributed by atoms with van der Waals surface area (Å²) < 4.78 is 14.9. The van der Waals surface area contributed by atoms with Gasteiger partial charge in [0.1, 0.15) is 5.82 Å². The molecule has 4 aromatic rings. The van der Waals surface area contributed by atoms with Gasteiger partial charge in [-0.15, -0.1) is 5.10 Å². The van der Waals surface area contributed by atoms with Crippen molar-refractivity contribution in [2.75, 3.05) is 5.32 Å². The van der Waals surface area contributed by atoms with E-state index in [0.29, 0.717) is 32.8 Å². The molecule has 0 aliphatic rings. The lowest BCUT2D eigenvalue weighted by Crippen LogP contribution is -2.14. The fourth-order valence-electron chi connectivity index (χ4n) is 2.89. The topological polar surface area (TPSA) is 59.8 Å². The van der Waals surface area contributed by atoms with Crippen molar-refractivity contribution >= 4 is 34.8 Å². The second-order valence-corrected chi connectivity index (χ2v) is 7.44. The van der Waals surface area contributed by atoms with Crippen LogP contribution in [-0.2, 0) is 0 Å². The summed E-state index contributed by atoms with van der Waals surface area (Å²) >= 11 is 12.1. The molecule has 3 aromatic carbocycles. The number of hydrogen-bond donors (Lipinski definition) is 1. The summed E-state index contributed by atoms with van der Waals surface area (Å²) in [5.41, 5.74) is 2.72. The Balaban J connectivity index is 1.79. The first-order valence-electron chi connectivity index (χ1n) is 8.97. The molecule has 0 radical (unpaired) electrons. The largest absolute Gasteiger partial charge is 0.319 e. The van der Waals surface area contributed by atoms with E-state index in [-0.39, 0.29) is 11.6 Å². The molecule has 0 aliphatic carbocycles. The molecule has 4 rings (SSSR count). The first-order chi connectivity index (χ1) is 14.4. The number of halogens is 3. The van der Waals surface area contributed by atoms with Crippen molar-refractivity contribution in [2.24, 2.45) is 0 Å². The fraction of sp³-hybridized carbons (Fsp3) is 0.0455. The molecule has 30 heavy (non-hydrogen) atoms. The Bertz CT molecular complexity index is 1220. The number of benzene rings is 3. The van der Waals surface area contributed by atoms with Gasteiger partial charge in [-0.1, -0.05) is 29.3 Å². The number of aromatic nitrogens is 3. The standard InChI is InChI=1S/C22H15Cl2FN4O/c1-13-2-5-16(24)12-19(13)29-21(14-3-8-17(25)9-4-14)27-20(28-29)22(30)26-18-10-6-15(23)7-11-18/h2-12H,1H3,(H,26,30). The number of rotatable bonds is 4. The lowest BCUT2D eigenvalue weighted by Gasteiger charge is -2.09. The Morgan fingerprint density at radius 1 is 0.967 bits per heavy atom. The van der Waals surface area contributed by atoms with Crippen LogP contribution in [0.4, 0.5) is 10.1 Å². The number of carbonyl (C=O) groups excluding carboxylic acids is 1. The lowest BCUT2D eigenvalue weighted by atomic mass is 10.1. The smallest absolute Gasteiger partial charge is 0.295 e. The molecule has 1 N–H and O–H groups in total. The van der Waals surface area contributed by atoms with Crippen LogP contribution in [0.5, 0.6) is 0 Å². The molecular weight excluding hydrogens is 426 g/mol. The molecular formula is C22H15Cl2FN4O. The van der Waals surface area contributed by atoms with Crippen molar-refractivity contribution in [1.82, 2.24) is 14.8 Å². The normalized spacial score (nSPS) is 10.8. The SMILES string of the molecule is Cc1ccc(Cl)cc1-n1nc(C(=O)Nc2ccc(Cl)cc2)nc1-c1ccc(F)cc1. The third kappa shape index (κ3) is 4.20. The third-order valence-corrected chi connectivity index (χ3v) is 4.90. The van der Waals surface area contributed by atoms with E-state index >= 15 is 0 Å². The van der Waals surface area contributed by atoms with E-state index in [9.17, 15) is 9.18 Å². The van der Waals surface area contributed by atoms with Gasteiger partial charge in [0, 0.05) is 21.3 Å². The summed E-state index contributed by atoms with van der Waals surface area (Å²) in [5, 5.41) is 8.23. The molecule has 0 saturated heterocycles. The zero-order chi connectivity index (χ0) is 21.3. The van der Waals surface area contributed by atoms with Gasteiger partial charge < -0.3 is 5.32 Å². The molecule has 0 fully saturated rings. The molecule has 5 nitrogen and oxygen atoms in total. The maximum atomic E-state index is 13.4. The second-order valence-electron chi connectivity index (χ2n) is 6.57. The molecule has 150 valence electrons. The summed E-state index contributed by atoms with van der Waals surface area (Å²) in [5.74, 6) is -0.506. The zero-order valence-electron chi connectivity index (χ0n) is 15.7. The van der Waals surface area contributed by atoms with Gasteiger partial charge in [0.05, 0.1) is 5.69 Å². The van der Waals surface area contributed by atoms with Gasteiger partial charge in [0.2, 0.25) is 5.82 Å². The Hall–Kier alpha value is -3.22. The number of carbonyl (C=O) groups is 1. The highest BCUT2D eigenvalue weighted by atomic mass is 35.5. The van der Waals surface area contributed by atoms with Crippen molar-refractivity contribution < 1.29 is 9.18 Å². The second kappa shape index (κ2) is 8.26. The van der Waals surface area contributed by atoms with Gasteiger partial charge in [-0.25, -0.2) is 14.1 Å². The highest BCUT2D eigenvalue weighted by Gasteiger charge is 2.20. The predicted octanol–water partition coefficient (Wildman–Crippen LogP) is 5.94. The van der Waals surface area contributed by atoms with Crippen molar-refractivity contribution in [3.8, 4) is 17.1 Å². The molecule has 1 aromatic heterocycles. The van der Waals surface area contributed by atoms with E-state index < -0.39 is 5.91 Å². The van der Waals surface area contributed by atoms with Crippen LogP contribution in [0.15, 0.2) is 66.7 Å². The summed E-state index contributed by atoms with van der Waals surface area (Å²) in [4.78, 5) is 17.2. The van der Waals surface area contributed by atoms with E-state index in [1.165, 1.54) is 16.8 Å². The quantitative estimate of drug-likeness (QED) is 0.426. The van der Waals surface area contributed by atoms with E-state index in [2.05, 4.69) is 15.4 Å². The summed E-state index contributed by atoms with van der Waals surface area (Å²) in [6.07, 6.45) is 0. The number of aryl methyl sites for hydroxylation is 1. The van der Waals surface area contributed by atoms with Crippen LogP contribution in [0.1, 0.15) is 16.2 Å². The summed E-state index contributed by atoms with van der Waals surface area (Å²) in [6, 6.07) is 17.9. The van der Waals surface area contributed by atoms with Crippen molar-refractivity contribution in [3.63, 3.8) is 0 Å². The minimum atomic E-state index is -0.487. The number of nitrogens with zero attached hydrogens (tertiary/aromatic N) is 3. The van der Waals surface area contributed by atoms with Crippen molar-refractivity contribution in [1.29, 1.82) is 0 Å². The zero-order valence-corrected chi connectivity index (χ0v) is 17.2. The Labute approximate surface area is 182 Å². The predicted molar refractivity (Wildman–Crippen MR) is 116 cm³/mol. The number of amides is 1. The molecule has 0 unspecified atom stereocenters. The van der Waals surface area contributed by atoms with E-state index in [1.54, 1.807) is 48.5 Å². The molecule has 0 saturated carbocycles. The van der Waals surface area contributed by atoms with Crippen LogP contribution in [0.2, 0.25) is 10.0 Å². The monoisotopic (exact) mass is 440 g/mol. The van der Waals surface area contributed by atoms with Crippen LogP contribution in [0, 0.1) is 12.7 Å². The molecule has 0 aliphatic heterocycles. The maximum absolute atomic E-state index is 13.4. The first-order valence-corrected chi connectivity index (χ1v) is 9.73. The van der Waals surface area contributed by atoms with Crippen LogP contribution < -0.4 is 5.32 Å². The van der Waals surface area contributed by atoms with Crippen LogP contribution in [0.25, 0.3) is 17.1 Å². The number of anilines is 1. The minimum absolute atomic E-state index is 0.0383. The van der Waals surface area contributed by atoms with Crippen LogP contribution >= 0.6 is 23.2 Å². The van der Waals surface area contributed by atoms with Gasteiger partial charge >= 0.3 is 0 Å². The maximum Gasteiger partial charge on any atom is 0.295 e. The summed E-state index contributed by atoms with van der Waals surface area (Å²) in [6.45, 7) is 1.90. The fourth-order valence-corrected chi connectivity index (χ4v) is 3.19. The van der Waals surface area contributed by atoms with E-state index in [0.717, 1.165) is 5.56 Å². The highest BCUT2D eigenvalue weighted by molar-refractivity contribution is 6.31. The minimum Gasteiger partial charge on any atom is -0.319 e. The van der Waals surface area contributed by atoms with Crippen molar-refractivity contribution in [2.45, 2.75) is 6.92 Å². The average Bonchev–Trinajstić information content (AvgIpc) is 3.17. The lowest BCUT2D eigenvalue weighted by molar-refractivity contribution is 0.101. The summed E-state index contributed by atoms with van der Waals surface area (Å²) in [7, 11) is 0. The molecule has 1 amide bonds. The van der Waals surface area contributed by atoms with Crippen molar-refractivity contribution in [3.05, 3.63) is 94.0 Å². The number of hydrogen-bond acceptors (Lipinski definition) is 3. The third-order valence-electron chi connectivity index (χ3n) is 4.41. The van der Waals surface area contributed by atoms with Gasteiger partial charge in [-0.3, -0.25) is 4.79 Å². The molecule has 0 atom stereocenters.